The third-order valence-electron chi connectivity index (χ3n) is 2.24. The first-order valence-corrected chi connectivity index (χ1v) is 6.13. The van der Waals surface area contributed by atoms with Gasteiger partial charge in [-0.25, -0.2) is 19.3 Å². The van der Waals surface area contributed by atoms with Crippen molar-refractivity contribution in [2.45, 2.75) is 13.3 Å². The van der Waals surface area contributed by atoms with E-state index in [0.717, 1.165) is 21.9 Å². The van der Waals surface area contributed by atoms with E-state index < -0.39 is 0 Å². The van der Waals surface area contributed by atoms with Crippen LogP contribution in [0.3, 0.4) is 0 Å². The fourth-order valence-corrected chi connectivity index (χ4v) is 1.99. The Morgan fingerprint density at radius 1 is 1.35 bits per heavy atom. The maximum atomic E-state index is 12.8. The Hall–Kier alpha value is -1.31. The Morgan fingerprint density at radius 3 is 2.71 bits per heavy atom. The molecule has 0 aromatic carbocycles. The van der Waals surface area contributed by atoms with E-state index in [1.54, 1.807) is 0 Å². The molecule has 0 radical (unpaired) electrons. The molecule has 2 aromatic heterocycles. The molecule has 88 valence electrons. The van der Waals surface area contributed by atoms with Crippen LogP contribution in [0.1, 0.15) is 12.6 Å². The van der Waals surface area contributed by atoms with Gasteiger partial charge in [-0.15, -0.1) is 0 Å². The predicted octanol–water partition coefficient (Wildman–Crippen LogP) is 2.43. The van der Waals surface area contributed by atoms with Crippen LogP contribution >= 0.6 is 22.6 Å². The molecule has 2 rings (SSSR count). The summed E-state index contributed by atoms with van der Waals surface area (Å²) in [6.45, 7) is 1.99. The number of halogens is 2. The molecule has 0 aliphatic heterocycles. The number of hydrogen-bond acceptors (Lipinski definition) is 4. The van der Waals surface area contributed by atoms with Crippen LogP contribution in [-0.2, 0) is 6.42 Å². The summed E-state index contributed by atoms with van der Waals surface area (Å²) in [7, 11) is 0. The zero-order chi connectivity index (χ0) is 12.4. The first kappa shape index (κ1) is 12.2. The third-order valence-corrected chi connectivity index (χ3v) is 3.41. The van der Waals surface area contributed by atoms with Gasteiger partial charge in [-0.2, -0.15) is 0 Å². The van der Waals surface area contributed by atoms with Crippen molar-refractivity contribution >= 4 is 28.4 Å². The molecule has 4 nitrogen and oxygen atoms in total. The van der Waals surface area contributed by atoms with Crippen molar-refractivity contribution in [3.8, 4) is 11.5 Å². The van der Waals surface area contributed by atoms with E-state index in [1.807, 2.05) is 6.92 Å². The summed E-state index contributed by atoms with van der Waals surface area (Å²) in [5, 5.41) is 0. The highest BCUT2D eigenvalue weighted by Gasteiger charge is 2.10. The Morgan fingerprint density at radius 2 is 2.12 bits per heavy atom. The van der Waals surface area contributed by atoms with Crippen LogP contribution in [0.5, 0.6) is 0 Å². The largest absolute Gasteiger partial charge is 0.383 e. The van der Waals surface area contributed by atoms with Gasteiger partial charge < -0.3 is 5.73 Å². The highest BCUT2D eigenvalue weighted by molar-refractivity contribution is 14.1. The van der Waals surface area contributed by atoms with Crippen molar-refractivity contribution in [1.82, 2.24) is 15.0 Å². The molecular formula is C11H10FIN4. The van der Waals surface area contributed by atoms with Crippen LogP contribution in [0.4, 0.5) is 10.2 Å². The van der Waals surface area contributed by atoms with E-state index in [0.29, 0.717) is 17.3 Å². The summed E-state index contributed by atoms with van der Waals surface area (Å²) >= 11 is 2.12. The smallest absolute Gasteiger partial charge is 0.180 e. The first-order chi connectivity index (χ1) is 8.11. The molecule has 0 saturated heterocycles. The molecule has 0 amide bonds. The molecular weight excluding hydrogens is 334 g/mol. The van der Waals surface area contributed by atoms with Crippen molar-refractivity contribution in [3.63, 3.8) is 0 Å². The second kappa shape index (κ2) is 4.91. The topological polar surface area (TPSA) is 64.7 Å². The third kappa shape index (κ3) is 2.51. The lowest BCUT2D eigenvalue weighted by Crippen LogP contribution is -2.05. The number of anilines is 1. The fourth-order valence-electron chi connectivity index (χ4n) is 1.37. The summed E-state index contributed by atoms with van der Waals surface area (Å²) in [4.78, 5) is 12.5. The van der Waals surface area contributed by atoms with Gasteiger partial charge in [0.2, 0.25) is 0 Å². The number of hydrogen-bond donors (Lipinski definition) is 1. The molecule has 0 fully saturated rings. The van der Waals surface area contributed by atoms with Crippen molar-refractivity contribution < 1.29 is 4.39 Å². The Balaban J connectivity index is 2.52. The lowest BCUT2D eigenvalue weighted by atomic mass is 10.3. The molecule has 2 heterocycles. The maximum Gasteiger partial charge on any atom is 0.180 e. The van der Waals surface area contributed by atoms with Gasteiger partial charge in [0.05, 0.1) is 15.5 Å². The highest BCUT2D eigenvalue weighted by atomic mass is 127. The van der Waals surface area contributed by atoms with E-state index in [2.05, 4.69) is 37.5 Å². The number of nitrogens with two attached hydrogens (primary N) is 1. The van der Waals surface area contributed by atoms with Gasteiger partial charge >= 0.3 is 0 Å². The standard InChI is InChI=1S/C11H10FIN4/c1-2-7-9(13)10(14)17-11(16-7)8-4-3-6(12)5-15-8/h3-5H,2H2,1H3,(H2,14,16,17). The molecule has 2 N–H and O–H groups in total. The van der Waals surface area contributed by atoms with Gasteiger partial charge in [-0.05, 0) is 41.1 Å². The fraction of sp³-hybridized carbons (Fsp3) is 0.182. The zero-order valence-corrected chi connectivity index (χ0v) is 11.3. The van der Waals surface area contributed by atoms with Crippen molar-refractivity contribution in [2.75, 3.05) is 5.73 Å². The van der Waals surface area contributed by atoms with E-state index in [4.69, 9.17) is 5.73 Å². The van der Waals surface area contributed by atoms with E-state index in [-0.39, 0.29) is 5.82 Å². The van der Waals surface area contributed by atoms with Gasteiger partial charge in [0.1, 0.15) is 17.3 Å². The molecule has 0 atom stereocenters. The molecule has 0 spiro atoms. The number of nitrogen functional groups attached to an aromatic ring is 1. The van der Waals surface area contributed by atoms with Crippen LogP contribution in [-0.4, -0.2) is 15.0 Å². The second-order valence-electron chi connectivity index (χ2n) is 3.41. The Labute approximate surface area is 112 Å². The number of aromatic nitrogens is 3. The van der Waals surface area contributed by atoms with Crippen molar-refractivity contribution in [3.05, 3.63) is 33.4 Å². The molecule has 0 saturated carbocycles. The minimum Gasteiger partial charge on any atom is -0.383 e. The average molecular weight is 344 g/mol. The van der Waals surface area contributed by atoms with Crippen molar-refractivity contribution in [1.29, 1.82) is 0 Å². The maximum absolute atomic E-state index is 12.8. The van der Waals surface area contributed by atoms with Gasteiger partial charge in [-0.3, -0.25) is 0 Å². The lowest BCUT2D eigenvalue weighted by molar-refractivity contribution is 0.621. The summed E-state index contributed by atoms with van der Waals surface area (Å²) in [5.74, 6) is 0.473. The summed E-state index contributed by atoms with van der Waals surface area (Å²) < 4.78 is 13.6. The monoisotopic (exact) mass is 344 g/mol. The van der Waals surface area contributed by atoms with E-state index in [1.165, 1.54) is 12.1 Å². The van der Waals surface area contributed by atoms with Gasteiger partial charge in [-0.1, -0.05) is 6.92 Å². The minimum absolute atomic E-state index is 0.386. The highest BCUT2D eigenvalue weighted by Crippen LogP contribution is 2.21. The molecule has 0 aliphatic carbocycles. The van der Waals surface area contributed by atoms with Crippen LogP contribution in [0, 0.1) is 9.39 Å². The summed E-state index contributed by atoms with van der Waals surface area (Å²) in [6, 6.07) is 2.86. The molecule has 2 aromatic rings. The van der Waals surface area contributed by atoms with Crippen LogP contribution in [0.2, 0.25) is 0 Å². The number of pyridine rings is 1. The predicted molar refractivity (Wildman–Crippen MR) is 71.7 cm³/mol. The van der Waals surface area contributed by atoms with E-state index in [9.17, 15) is 4.39 Å². The zero-order valence-electron chi connectivity index (χ0n) is 9.11. The second-order valence-corrected chi connectivity index (χ2v) is 4.49. The lowest BCUT2D eigenvalue weighted by Gasteiger charge is -2.06. The SMILES string of the molecule is CCc1nc(-c2ccc(F)cn2)nc(N)c1I. The quantitative estimate of drug-likeness (QED) is 0.850. The molecule has 6 heteroatoms. The van der Waals surface area contributed by atoms with Gasteiger partial charge in [0.25, 0.3) is 0 Å². The van der Waals surface area contributed by atoms with Gasteiger partial charge in [0, 0.05) is 0 Å². The van der Waals surface area contributed by atoms with Gasteiger partial charge in [0.15, 0.2) is 5.82 Å². The number of aryl methyl sites for hydroxylation is 1. The minimum atomic E-state index is -0.386. The Kier molecular flexibility index (Phi) is 3.51. The summed E-state index contributed by atoms with van der Waals surface area (Å²) in [6.07, 6.45) is 1.90. The van der Waals surface area contributed by atoms with Crippen LogP contribution < -0.4 is 5.73 Å². The molecule has 0 aliphatic rings. The number of rotatable bonds is 2. The van der Waals surface area contributed by atoms with Crippen molar-refractivity contribution in [2.24, 2.45) is 0 Å². The molecule has 17 heavy (non-hydrogen) atoms. The molecule has 0 bridgehead atoms. The molecule has 0 unspecified atom stereocenters. The average Bonchev–Trinajstić information content (AvgIpc) is 2.33. The van der Waals surface area contributed by atoms with Crippen LogP contribution in [0.25, 0.3) is 11.5 Å². The first-order valence-electron chi connectivity index (χ1n) is 5.05. The normalized spacial score (nSPS) is 10.5. The van der Waals surface area contributed by atoms with Crippen LogP contribution in [0.15, 0.2) is 18.3 Å². The number of nitrogens with zero attached hydrogens (tertiary/aromatic N) is 3. The van der Waals surface area contributed by atoms with E-state index >= 15 is 0 Å². The summed E-state index contributed by atoms with van der Waals surface area (Å²) in [5.41, 5.74) is 7.20. The Bertz CT molecular complexity index is 542.